The van der Waals surface area contributed by atoms with Crippen molar-refractivity contribution in [3.8, 4) is 0 Å². The van der Waals surface area contributed by atoms with Crippen LogP contribution < -0.4 is 16.4 Å². The molecule has 0 saturated carbocycles. The minimum atomic E-state index is -0.235. The van der Waals surface area contributed by atoms with E-state index in [-0.39, 0.29) is 11.8 Å². The van der Waals surface area contributed by atoms with Gasteiger partial charge in [-0.3, -0.25) is 19.3 Å². The molecule has 0 spiro atoms. The maximum absolute atomic E-state index is 12.4. The molecular formula is C24H22N6O2. The van der Waals surface area contributed by atoms with Gasteiger partial charge >= 0.3 is 0 Å². The molecule has 2 aromatic heterocycles. The second-order valence-electron chi connectivity index (χ2n) is 7.20. The van der Waals surface area contributed by atoms with Crippen LogP contribution in [0.4, 0.5) is 11.4 Å². The highest BCUT2D eigenvalue weighted by atomic mass is 16.2. The molecule has 4 rings (SSSR count). The molecule has 0 unspecified atom stereocenters. The van der Waals surface area contributed by atoms with Crippen LogP contribution in [0, 0.1) is 0 Å². The van der Waals surface area contributed by atoms with Crippen LogP contribution >= 0.6 is 0 Å². The Morgan fingerprint density at radius 2 is 1.62 bits per heavy atom. The summed E-state index contributed by atoms with van der Waals surface area (Å²) in [5.74, 6) is -0.429. The molecule has 0 fully saturated rings. The smallest absolute Gasteiger partial charge is 0.255 e. The Morgan fingerprint density at radius 3 is 2.38 bits per heavy atom. The summed E-state index contributed by atoms with van der Waals surface area (Å²) in [4.78, 5) is 28.7. The standard InChI is InChI=1S/C24H22N6O2/c25-21-3-1-2-4-22(21)29-24(32)19-7-5-18(6-8-19)15-30-16-20(14-28-30)23(31)27-13-17-9-11-26-12-10-17/h1-12,14,16H,13,15,25H2,(H,27,31)(H,29,32). The second kappa shape index (κ2) is 9.57. The summed E-state index contributed by atoms with van der Waals surface area (Å²) < 4.78 is 1.68. The van der Waals surface area contributed by atoms with Crippen molar-refractivity contribution in [3.05, 3.63) is 108 Å². The number of aromatic nitrogens is 3. The summed E-state index contributed by atoms with van der Waals surface area (Å²) in [7, 11) is 0. The van der Waals surface area contributed by atoms with Gasteiger partial charge in [-0.1, -0.05) is 24.3 Å². The first-order valence-corrected chi connectivity index (χ1v) is 10.0. The minimum absolute atomic E-state index is 0.194. The van der Waals surface area contributed by atoms with Gasteiger partial charge in [-0.25, -0.2) is 0 Å². The molecule has 0 saturated heterocycles. The molecule has 4 aromatic rings. The van der Waals surface area contributed by atoms with Crippen LogP contribution in [0.25, 0.3) is 0 Å². The van der Waals surface area contributed by atoms with Gasteiger partial charge in [-0.2, -0.15) is 5.10 Å². The van der Waals surface area contributed by atoms with Gasteiger partial charge in [0.2, 0.25) is 0 Å². The van der Waals surface area contributed by atoms with Gasteiger partial charge < -0.3 is 16.4 Å². The first kappa shape index (κ1) is 20.8. The van der Waals surface area contributed by atoms with E-state index in [1.165, 1.54) is 6.20 Å². The summed E-state index contributed by atoms with van der Waals surface area (Å²) in [5, 5.41) is 9.93. The predicted molar refractivity (Wildman–Crippen MR) is 122 cm³/mol. The molecule has 160 valence electrons. The number of carbonyl (C=O) groups is 2. The highest BCUT2D eigenvalue weighted by Gasteiger charge is 2.10. The van der Waals surface area contributed by atoms with Crippen LogP contribution in [0.2, 0.25) is 0 Å². The van der Waals surface area contributed by atoms with Crippen molar-refractivity contribution in [1.29, 1.82) is 0 Å². The minimum Gasteiger partial charge on any atom is -0.397 e. The maximum Gasteiger partial charge on any atom is 0.255 e. The molecule has 32 heavy (non-hydrogen) atoms. The second-order valence-corrected chi connectivity index (χ2v) is 7.20. The number of hydrogen-bond donors (Lipinski definition) is 3. The number of benzene rings is 2. The SMILES string of the molecule is Nc1ccccc1NC(=O)c1ccc(Cn2cc(C(=O)NCc3ccncc3)cn2)cc1. The Kier molecular flexibility index (Phi) is 6.22. The number of carbonyl (C=O) groups excluding carboxylic acids is 2. The number of nitrogens with zero attached hydrogens (tertiary/aromatic N) is 3. The Hall–Kier alpha value is -4.46. The number of nitrogens with two attached hydrogens (primary N) is 1. The molecule has 2 aromatic carbocycles. The lowest BCUT2D eigenvalue weighted by Gasteiger charge is -2.08. The Balaban J connectivity index is 1.34. The number of rotatable bonds is 7. The van der Waals surface area contributed by atoms with Gasteiger partial charge in [0, 0.05) is 30.7 Å². The molecule has 0 atom stereocenters. The van der Waals surface area contributed by atoms with Crippen LogP contribution in [0.15, 0.2) is 85.5 Å². The topological polar surface area (TPSA) is 115 Å². The van der Waals surface area contributed by atoms with Crippen LogP contribution in [0.3, 0.4) is 0 Å². The van der Waals surface area contributed by atoms with Crippen molar-refractivity contribution < 1.29 is 9.59 Å². The number of hydrogen-bond acceptors (Lipinski definition) is 5. The third kappa shape index (κ3) is 5.17. The summed E-state index contributed by atoms with van der Waals surface area (Å²) in [6.07, 6.45) is 6.60. The Labute approximate surface area is 185 Å². The summed E-state index contributed by atoms with van der Waals surface area (Å²) in [6, 6.07) is 18.0. The van der Waals surface area contributed by atoms with Crippen LogP contribution in [-0.4, -0.2) is 26.6 Å². The molecule has 8 nitrogen and oxygen atoms in total. The van der Waals surface area contributed by atoms with E-state index < -0.39 is 0 Å². The van der Waals surface area contributed by atoms with Crippen molar-refractivity contribution in [1.82, 2.24) is 20.1 Å². The van der Waals surface area contributed by atoms with E-state index in [1.54, 1.807) is 47.5 Å². The van der Waals surface area contributed by atoms with Gasteiger partial charge in [0.05, 0.1) is 29.7 Å². The number of para-hydroxylation sites is 2. The van der Waals surface area contributed by atoms with E-state index in [1.807, 2.05) is 36.4 Å². The molecule has 2 amide bonds. The summed E-state index contributed by atoms with van der Waals surface area (Å²) in [6.45, 7) is 0.899. The normalized spacial score (nSPS) is 10.5. The van der Waals surface area contributed by atoms with Crippen molar-refractivity contribution in [3.63, 3.8) is 0 Å². The van der Waals surface area contributed by atoms with E-state index in [9.17, 15) is 9.59 Å². The number of nitrogens with one attached hydrogen (secondary N) is 2. The van der Waals surface area contributed by atoms with Gasteiger partial charge in [0.15, 0.2) is 0 Å². The van der Waals surface area contributed by atoms with Crippen LogP contribution in [0.1, 0.15) is 31.8 Å². The van der Waals surface area contributed by atoms with E-state index in [0.29, 0.717) is 35.6 Å². The van der Waals surface area contributed by atoms with Crippen molar-refractivity contribution in [2.45, 2.75) is 13.1 Å². The predicted octanol–water partition coefficient (Wildman–Crippen LogP) is 3.09. The Bertz CT molecular complexity index is 1220. The lowest BCUT2D eigenvalue weighted by Crippen LogP contribution is -2.22. The lowest BCUT2D eigenvalue weighted by atomic mass is 10.1. The molecule has 0 bridgehead atoms. The van der Waals surface area contributed by atoms with Crippen LogP contribution in [0.5, 0.6) is 0 Å². The summed E-state index contributed by atoms with van der Waals surface area (Å²) in [5.41, 5.74) is 9.89. The Morgan fingerprint density at radius 1 is 0.875 bits per heavy atom. The highest BCUT2D eigenvalue weighted by molar-refractivity contribution is 6.05. The molecule has 0 aliphatic heterocycles. The quantitative estimate of drug-likeness (QED) is 0.393. The van der Waals surface area contributed by atoms with Gasteiger partial charge in [0.1, 0.15) is 0 Å². The van der Waals surface area contributed by atoms with E-state index >= 15 is 0 Å². The number of amides is 2. The molecule has 8 heteroatoms. The third-order valence-electron chi connectivity index (χ3n) is 4.87. The van der Waals surface area contributed by atoms with E-state index in [4.69, 9.17) is 5.73 Å². The number of anilines is 2. The molecular weight excluding hydrogens is 404 g/mol. The fourth-order valence-corrected chi connectivity index (χ4v) is 3.11. The summed E-state index contributed by atoms with van der Waals surface area (Å²) >= 11 is 0. The van der Waals surface area contributed by atoms with E-state index in [0.717, 1.165) is 11.1 Å². The van der Waals surface area contributed by atoms with Crippen molar-refractivity contribution in [2.24, 2.45) is 0 Å². The van der Waals surface area contributed by atoms with E-state index in [2.05, 4.69) is 20.7 Å². The van der Waals surface area contributed by atoms with Crippen molar-refractivity contribution >= 4 is 23.2 Å². The van der Waals surface area contributed by atoms with Gasteiger partial charge in [-0.05, 0) is 47.5 Å². The third-order valence-corrected chi connectivity index (χ3v) is 4.87. The zero-order valence-corrected chi connectivity index (χ0v) is 17.2. The maximum atomic E-state index is 12.4. The monoisotopic (exact) mass is 426 g/mol. The van der Waals surface area contributed by atoms with Crippen molar-refractivity contribution in [2.75, 3.05) is 11.1 Å². The van der Waals surface area contributed by atoms with Crippen LogP contribution in [-0.2, 0) is 13.1 Å². The molecule has 2 heterocycles. The first-order valence-electron chi connectivity index (χ1n) is 10.0. The lowest BCUT2D eigenvalue weighted by molar-refractivity contribution is 0.0950. The van der Waals surface area contributed by atoms with Gasteiger partial charge in [0.25, 0.3) is 11.8 Å². The average molecular weight is 426 g/mol. The molecule has 4 N–H and O–H groups in total. The van der Waals surface area contributed by atoms with Gasteiger partial charge in [-0.15, -0.1) is 0 Å². The average Bonchev–Trinajstić information content (AvgIpc) is 3.29. The molecule has 0 aliphatic carbocycles. The zero-order valence-electron chi connectivity index (χ0n) is 17.2. The zero-order chi connectivity index (χ0) is 22.3. The first-order chi connectivity index (χ1) is 15.6. The fraction of sp³-hybridized carbons (Fsp3) is 0.0833. The number of pyridine rings is 1. The largest absolute Gasteiger partial charge is 0.397 e. The highest BCUT2D eigenvalue weighted by Crippen LogP contribution is 2.18. The molecule has 0 radical (unpaired) electrons. The molecule has 0 aliphatic rings. The number of nitrogen functional groups attached to an aromatic ring is 1. The fourth-order valence-electron chi connectivity index (χ4n) is 3.11.